The van der Waals surface area contributed by atoms with E-state index in [0.717, 1.165) is 54.1 Å². The molecule has 1 aromatic heterocycles. The van der Waals surface area contributed by atoms with Crippen molar-refractivity contribution in [3.05, 3.63) is 40.7 Å². The fourth-order valence-electron chi connectivity index (χ4n) is 3.14. The Bertz CT molecular complexity index is 763. The third kappa shape index (κ3) is 5.14. The molecule has 3 rings (SSSR count). The SMILES string of the molecule is CCOc1cc(CCCNC(=O)c2n[nH]c3c2CNCC3)ccc1OC.Cl. The summed E-state index contributed by atoms with van der Waals surface area (Å²) >= 11 is 0. The van der Waals surface area contributed by atoms with Crippen LogP contribution in [0.3, 0.4) is 0 Å². The average Bonchev–Trinajstić information content (AvgIpc) is 3.10. The van der Waals surface area contributed by atoms with Gasteiger partial charge in [0.1, 0.15) is 0 Å². The van der Waals surface area contributed by atoms with Gasteiger partial charge in [0.15, 0.2) is 17.2 Å². The lowest BCUT2D eigenvalue weighted by molar-refractivity contribution is 0.0947. The first-order valence-corrected chi connectivity index (χ1v) is 9.07. The van der Waals surface area contributed by atoms with Crippen molar-refractivity contribution in [3.8, 4) is 11.5 Å². The molecule has 0 saturated heterocycles. The van der Waals surface area contributed by atoms with Crippen LogP contribution in [0.15, 0.2) is 18.2 Å². The van der Waals surface area contributed by atoms with Crippen molar-refractivity contribution in [2.75, 3.05) is 26.8 Å². The first kappa shape index (κ1) is 21.1. The number of ether oxygens (including phenoxy) is 2. The summed E-state index contributed by atoms with van der Waals surface area (Å²) in [7, 11) is 1.64. The highest BCUT2D eigenvalue weighted by Crippen LogP contribution is 2.28. The van der Waals surface area contributed by atoms with Crippen LogP contribution in [0.4, 0.5) is 0 Å². The predicted molar refractivity (Wildman–Crippen MR) is 106 cm³/mol. The van der Waals surface area contributed by atoms with E-state index < -0.39 is 0 Å². The topological polar surface area (TPSA) is 88.3 Å². The summed E-state index contributed by atoms with van der Waals surface area (Å²) in [5.41, 5.74) is 3.72. The zero-order valence-corrected chi connectivity index (χ0v) is 16.6. The van der Waals surface area contributed by atoms with E-state index in [1.54, 1.807) is 7.11 Å². The normalized spacial score (nSPS) is 12.7. The maximum atomic E-state index is 12.4. The molecule has 0 radical (unpaired) electrons. The largest absolute Gasteiger partial charge is 0.493 e. The summed E-state index contributed by atoms with van der Waals surface area (Å²) in [4.78, 5) is 12.4. The number of amides is 1. The van der Waals surface area contributed by atoms with Gasteiger partial charge in [-0.25, -0.2) is 0 Å². The van der Waals surface area contributed by atoms with Crippen LogP contribution in [-0.4, -0.2) is 42.9 Å². The van der Waals surface area contributed by atoms with Crippen LogP contribution in [0.2, 0.25) is 0 Å². The van der Waals surface area contributed by atoms with Crippen molar-refractivity contribution in [2.24, 2.45) is 0 Å². The van der Waals surface area contributed by atoms with Gasteiger partial charge in [-0.3, -0.25) is 9.89 Å². The van der Waals surface area contributed by atoms with Gasteiger partial charge in [-0.05, 0) is 37.5 Å². The summed E-state index contributed by atoms with van der Waals surface area (Å²) in [6.45, 7) is 4.76. The number of nitrogens with one attached hydrogen (secondary N) is 3. The third-order valence-corrected chi connectivity index (χ3v) is 4.48. The van der Waals surface area contributed by atoms with Gasteiger partial charge >= 0.3 is 0 Å². The number of hydrogen-bond acceptors (Lipinski definition) is 5. The Morgan fingerprint density at radius 1 is 1.33 bits per heavy atom. The minimum Gasteiger partial charge on any atom is -0.493 e. The Morgan fingerprint density at radius 2 is 2.19 bits per heavy atom. The predicted octanol–water partition coefficient (Wildman–Crippen LogP) is 2.25. The summed E-state index contributed by atoms with van der Waals surface area (Å²) in [6, 6.07) is 5.95. The zero-order valence-electron chi connectivity index (χ0n) is 15.8. The Kier molecular flexibility index (Phi) is 7.94. The molecular weight excluding hydrogens is 368 g/mol. The molecule has 8 heteroatoms. The van der Waals surface area contributed by atoms with E-state index in [9.17, 15) is 4.79 Å². The van der Waals surface area contributed by atoms with E-state index in [1.807, 2.05) is 25.1 Å². The van der Waals surface area contributed by atoms with Crippen LogP contribution in [0.25, 0.3) is 0 Å². The van der Waals surface area contributed by atoms with Crippen molar-refractivity contribution in [2.45, 2.75) is 32.7 Å². The summed E-state index contributed by atoms with van der Waals surface area (Å²) in [5.74, 6) is 1.38. The van der Waals surface area contributed by atoms with Crippen LogP contribution < -0.4 is 20.1 Å². The molecular formula is C19H27ClN4O3. The second-order valence-corrected chi connectivity index (χ2v) is 6.23. The molecule has 0 bridgehead atoms. The standard InChI is InChI=1S/C19H26N4O3.ClH/c1-3-26-17-11-13(6-7-16(17)25-2)5-4-9-21-19(24)18-14-12-20-10-8-15(14)22-23-18;/h6-7,11,20H,3-5,8-10,12H2,1-2H3,(H,21,24)(H,22,23);1H. The van der Waals surface area contributed by atoms with Gasteiger partial charge in [0.05, 0.1) is 13.7 Å². The van der Waals surface area contributed by atoms with Crippen molar-refractivity contribution in [1.29, 1.82) is 0 Å². The number of carbonyl (C=O) groups excluding carboxylic acids is 1. The molecule has 0 aliphatic carbocycles. The van der Waals surface area contributed by atoms with Gasteiger partial charge in [0.2, 0.25) is 0 Å². The van der Waals surface area contributed by atoms with Gasteiger partial charge < -0.3 is 20.1 Å². The molecule has 1 aliphatic rings. The average molecular weight is 395 g/mol. The molecule has 7 nitrogen and oxygen atoms in total. The van der Waals surface area contributed by atoms with Crippen molar-refractivity contribution in [3.63, 3.8) is 0 Å². The van der Waals surface area contributed by atoms with Crippen LogP contribution in [-0.2, 0) is 19.4 Å². The van der Waals surface area contributed by atoms with E-state index in [2.05, 4.69) is 20.8 Å². The molecule has 0 saturated carbocycles. The molecule has 1 amide bonds. The molecule has 0 atom stereocenters. The zero-order chi connectivity index (χ0) is 18.4. The van der Waals surface area contributed by atoms with Crippen LogP contribution >= 0.6 is 12.4 Å². The lowest BCUT2D eigenvalue weighted by Gasteiger charge is -2.13. The van der Waals surface area contributed by atoms with Gasteiger partial charge in [0.25, 0.3) is 5.91 Å². The van der Waals surface area contributed by atoms with Gasteiger partial charge in [-0.2, -0.15) is 5.10 Å². The quantitative estimate of drug-likeness (QED) is 0.597. The Morgan fingerprint density at radius 3 is 2.96 bits per heavy atom. The van der Waals surface area contributed by atoms with E-state index in [0.29, 0.717) is 25.4 Å². The van der Waals surface area contributed by atoms with Crippen LogP contribution in [0.1, 0.15) is 40.7 Å². The highest BCUT2D eigenvalue weighted by atomic mass is 35.5. The number of aryl methyl sites for hydroxylation is 1. The number of fused-ring (bicyclic) bond motifs is 1. The van der Waals surface area contributed by atoms with Crippen molar-refractivity contribution >= 4 is 18.3 Å². The van der Waals surface area contributed by atoms with Gasteiger partial charge in [-0.15, -0.1) is 12.4 Å². The monoisotopic (exact) mass is 394 g/mol. The highest BCUT2D eigenvalue weighted by Gasteiger charge is 2.21. The summed E-state index contributed by atoms with van der Waals surface area (Å²) in [6.07, 6.45) is 2.58. The summed E-state index contributed by atoms with van der Waals surface area (Å²) < 4.78 is 10.9. The minimum absolute atomic E-state index is 0. The number of halogens is 1. The number of carbonyl (C=O) groups is 1. The van der Waals surface area contributed by atoms with Gasteiger partial charge in [-0.1, -0.05) is 6.07 Å². The minimum atomic E-state index is -0.115. The number of rotatable bonds is 8. The molecule has 2 aromatic rings. The molecule has 0 fully saturated rings. The highest BCUT2D eigenvalue weighted by molar-refractivity contribution is 5.94. The number of H-pyrrole nitrogens is 1. The molecule has 2 heterocycles. The van der Waals surface area contributed by atoms with E-state index in [4.69, 9.17) is 9.47 Å². The maximum Gasteiger partial charge on any atom is 0.272 e. The third-order valence-electron chi connectivity index (χ3n) is 4.48. The number of aromatic nitrogens is 2. The first-order valence-electron chi connectivity index (χ1n) is 9.07. The fourth-order valence-corrected chi connectivity index (χ4v) is 3.14. The number of nitrogens with zero attached hydrogens (tertiary/aromatic N) is 1. The fraction of sp³-hybridized carbons (Fsp3) is 0.474. The molecule has 27 heavy (non-hydrogen) atoms. The molecule has 148 valence electrons. The van der Waals surface area contributed by atoms with Crippen molar-refractivity contribution in [1.82, 2.24) is 20.8 Å². The molecule has 1 aliphatic heterocycles. The Balaban J connectivity index is 0.00000261. The number of benzene rings is 1. The smallest absolute Gasteiger partial charge is 0.272 e. The van der Waals surface area contributed by atoms with Crippen LogP contribution in [0, 0.1) is 0 Å². The Labute approximate surface area is 165 Å². The van der Waals surface area contributed by atoms with Crippen molar-refractivity contribution < 1.29 is 14.3 Å². The number of hydrogen-bond donors (Lipinski definition) is 3. The van der Waals surface area contributed by atoms with E-state index in [-0.39, 0.29) is 18.3 Å². The van der Waals surface area contributed by atoms with Gasteiger partial charge in [0, 0.05) is 37.3 Å². The molecule has 1 aromatic carbocycles. The second kappa shape index (κ2) is 10.2. The van der Waals surface area contributed by atoms with E-state index in [1.165, 1.54) is 0 Å². The first-order chi connectivity index (χ1) is 12.7. The lowest BCUT2D eigenvalue weighted by Crippen LogP contribution is -2.29. The van der Waals surface area contributed by atoms with Crippen LogP contribution in [0.5, 0.6) is 11.5 Å². The Hall–Kier alpha value is -2.25. The number of methoxy groups -OCH3 is 1. The second-order valence-electron chi connectivity index (χ2n) is 6.23. The molecule has 0 unspecified atom stereocenters. The maximum absolute atomic E-state index is 12.4. The summed E-state index contributed by atoms with van der Waals surface area (Å²) in [5, 5.41) is 13.4. The lowest BCUT2D eigenvalue weighted by atomic mass is 10.1. The molecule has 0 spiro atoms. The number of aromatic amines is 1. The van der Waals surface area contributed by atoms with E-state index >= 15 is 0 Å². The molecule has 3 N–H and O–H groups in total.